The van der Waals surface area contributed by atoms with Gasteiger partial charge >= 0.3 is 0 Å². The molecule has 20 heavy (non-hydrogen) atoms. The molecule has 0 amide bonds. The second-order valence-corrected chi connectivity index (χ2v) is 5.10. The van der Waals surface area contributed by atoms with Crippen molar-refractivity contribution in [3.8, 4) is 5.75 Å². The molecule has 2 aromatic rings. The molecular weight excluding hydrogens is 300 g/mol. The van der Waals surface area contributed by atoms with Gasteiger partial charge in [0.25, 0.3) is 0 Å². The fourth-order valence-corrected chi connectivity index (χ4v) is 2.39. The van der Waals surface area contributed by atoms with Gasteiger partial charge in [0.05, 0.1) is 23.2 Å². The Hall–Kier alpha value is -1.29. The molecule has 0 aliphatic carbocycles. The maximum absolute atomic E-state index is 13.6. The molecule has 0 bridgehead atoms. The van der Waals surface area contributed by atoms with E-state index in [4.69, 9.17) is 27.9 Å². The molecule has 2 rings (SSSR count). The highest BCUT2D eigenvalue weighted by Gasteiger charge is 2.15. The van der Waals surface area contributed by atoms with Crippen LogP contribution in [0, 0.1) is 5.82 Å². The van der Waals surface area contributed by atoms with E-state index in [9.17, 15) is 4.39 Å². The Kier molecular flexibility index (Phi) is 4.86. The third-order valence-electron chi connectivity index (χ3n) is 3.07. The maximum atomic E-state index is 13.6. The van der Waals surface area contributed by atoms with Gasteiger partial charge in [-0.15, -0.1) is 0 Å². The topological polar surface area (TPSA) is 21.3 Å². The lowest BCUT2D eigenvalue weighted by Gasteiger charge is -2.18. The molecule has 5 heteroatoms. The summed E-state index contributed by atoms with van der Waals surface area (Å²) in [5, 5.41) is 3.79. The number of nitrogens with one attached hydrogen (secondary N) is 1. The minimum absolute atomic E-state index is 0.109. The second kappa shape index (κ2) is 6.44. The van der Waals surface area contributed by atoms with Crippen LogP contribution in [0.3, 0.4) is 0 Å². The smallest absolute Gasteiger partial charge is 0.142 e. The number of ether oxygens (including phenoxy) is 1. The first kappa shape index (κ1) is 15.1. The Morgan fingerprint density at radius 2 is 1.65 bits per heavy atom. The Labute approximate surface area is 127 Å². The molecule has 0 aromatic heterocycles. The number of hydrogen-bond acceptors (Lipinski definition) is 2. The standard InChI is InChI=1S/C15H14Cl2FNO/c1-19-15(9-3-5-11(16)13(18)7-9)10-4-6-12(17)14(8-10)20-2/h3-8,15,19H,1-2H3. The average Bonchev–Trinajstić information content (AvgIpc) is 2.45. The van der Waals surface area contributed by atoms with Crippen molar-refractivity contribution in [1.29, 1.82) is 0 Å². The molecule has 1 N–H and O–H groups in total. The SMILES string of the molecule is CNC(c1ccc(Cl)c(F)c1)c1ccc(Cl)c(OC)c1. The summed E-state index contributed by atoms with van der Waals surface area (Å²) in [5.41, 5.74) is 1.70. The first-order valence-corrected chi connectivity index (χ1v) is 6.78. The predicted molar refractivity (Wildman–Crippen MR) is 80.3 cm³/mol. The summed E-state index contributed by atoms with van der Waals surface area (Å²) < 4.78 is 18.8. The van der Waals surface area contributed by atoms with Crippen LogP contribution in [0.15, 0.2) is 36.4 Å². The number of rotatable bonds is 4. The molecule has 0 saturated heterocycles. The molecule has 2 aromatic carbocycles. The van der Waals surface area contributed by atoms with Crippen LogP contribution in [0.2, 0.25) is 10.0 Å². The Morgan fingerprint density at radius 1 is 1.05 bits per heavy atom. The number of halogens is 3. The highest BCUT2D eigenvalue weighted by molar-refractivity contribution is 6.32. The van der Waals surface area contributed by atoms with Gasteiger partial charge in [0.15, 0.2) is 0 Å². The lowest BCUT2D eigenvalue weighted by atomic mass is 9.98. The van der Waals surface area contributed by atoms with E-state index in [2.05, 4.69) is 5.32 Å². The van der Waals surface area contributed by atoms with Crippen molar-refractivity contribution < 1.29 is 9.13 Å². The third kappa shape index (κ3) is 3.06. The molecule has 1 atom stereocenters. The summed E-state index contributed by atoms with van der Waals surface area (Å²) in [5.74, 6) is 0.143. The average molecular weight is 314 g/mol. The van der Waals surface area contributed by atoms with Crippen molar-refractivity contribution in [2.75, 3.05) is 14.2 Å². The largest absolute Gasteiger partial charge is 0.495 e. The van der Waals surface area contributed by atoms with Crippen LogP contribution in [0.25, 0.3) is 0 Å². The molecule has 0 heterocycles. The lowest BCUT2D eigenvalue weighted by molar-refractivity contribution is 0.414. The fraction of sp³-hybridized carbons (Fsp3) is 0.200. The third-order valence-corrected chi connectivity index (χ3v) is 3.69. The van der Waals surface area contributed by atoms with Gasteiger partial charge in [-0.2, -0.15) is 0 Å². The first-order chi connectivity index (χ1) is 9.56. The summed E-state index contributed by atoms with van der Waals surface area (Å²) in [6.07, 6.45) is 0. The highest BCUT2D eigenvalue weighted by atomic mass is 35.5. The van der Waals surface area contributed by atoms with Crippen LogP contribution in [0.5, 0.6) is 5.75 Å². The maximum Gasteiger partial charge on any atom is 0.142 e. The monoisotopic (exact) mass is 313 g/mol. The molecule has 0 saturated carbocycles. The zero-order valence-corrected chi connectivity index (χ0v) is 12.6. The molecule has 1 unspecified atom stereocenters. The van der Waals surface area contributed by atoms with Crippen molar-refractivity contribution in [3.63, 3.8) is 0 Å². The van der Waals surface area contributed by atoms with Crippen molar-refractivity contribution in [2.24, 2.45) is 0 Å². The van der Waals surface area contributed by atoms with Crippen molar-refractivity contribution in [2.45, 2.75) is 6.04 Å². The van der Waals surface area contributed by atoms with Crippen LogP contribution in [0.4, 0.5) is 4.39 Å². The zero-order valence-electron chi connectivity index (χ0n) is 11.1. The molecule has 0 radical (unpaired) electrons. The van der Waals surface area contributed by atoms with Gasteiger partial charge in [0, 0.05) is 0 Å². The van der Waals surface area contributed by atoms with Gasteiger partial charge < -0.3 is 10.1 Å². The molecule has 0 spiro atoms. The molecular formula is C15H14Cl2FNO. The lowest BCUT2D eigenvalue weighted by Crippen LogP contribution is -2.17. The molecule has 0 aliphatic heterocycles. The van der Waals surface area contributed by atoms with Crippen LogP contribution in [-0.2, 0) is 0 Å². The molecule has 106 valence electrons. The molecule has 2 nitrogen and oxygen atoms in total. The van der Waals surface area contributed by atoms with E-state index in [1.54, 1.807) is 32.4 Å². The van der Waals surface area contributed by atoms with Crippen molar-refractivity contribution in [3.05, 3.63) is 63.4 Å². The van der Waals surface area contributed by atoms with Gasteiger partial charge in [-0.05, 0) is 42.4 Å². The second-order valence-electron chi connectivity index (χ2n) is 4.29. The van der Waals surface area contributed by atoms with Crippen molar-refractivity contribution >= 4 is 23.2 Å². The van der Waals surface area contributed by atoms with Crippen LogP contribution in [0.1, 0.15) is 17.2 Å². The zero-order chi connectivity index (χ0) is 14.7. The normalized spacial score (nSPS) is 12.2. The number of hydrogen-bond donors (Lipinski definition) is 1. The van der Waals surface area contributed by atoms with Crippen LogP contribution >= 0.6 is 23.2 Å². The first-order valence-electron chi connectivity index (χ1n) is 6.02. The van der Waals surface area contributed by atoms with E-state index in [0.717, 1.165) is 11.1 Å². The van der Waals surface area contributed by atoms with E-state index in [1.807, 2.05) is 12.1 Å². The van der Waals surface area contributed by atoms with E-state index >= 15 is 0 Å². The minimum atomic E-state index is -0.439. The summed E-state index contributed by atoms with van der Waals surface area (Å²) in [4.78, 5) is 0. The Bertz CT molecular complexity index is 619. The summed E-state index contributed by atoms with van der Waals surface area (Å²) in [7, 11) is 3.36. The summed E-state index contributed by atoms with van der Waals surface area (Å²) >= 11 is 11.7. The molecule has 0 fully saturated rings. The van der Waals surface area contributed by atoms with Gasteiger partial charge in [-0.3, -0.25) is 0 Å². The Balaban J connectivity index is 2.43. The van der Waals surface area contributed by atoms with Gasteiger partial charge in [-0.1, -0.05) is 35.3 Å². The van der Waals surface area contributed by atoms with E-state index in [1.165, 1.54) is 6.07 Å². The quantitative estimate of drug-likeness (QED) is 0.900. The van der Waals surface area contributed by atoms with Gasteiger partial charge in [-0.25, -0.2) is 4.39 Å². The van der Waals surface area contributed by atoms with Gasteiger partial charge in [0.1, 0.15) is 11.6 Å². The number of benzene rings is 2. The van der Waals surface area contributed by atoms with E-state index in [0.29, 0.717) is 10.8 Å². The fourth-order valence-electron chi connectivity index (χ4n) is 2.07. The van der Waals surface area contributed by atoms with Crippen LogP contribution in [-0.4, -0.2) is 14.2 Å². The van der Waals surface area contributed by atoms with Gasteiger partial charge in [0.2, 0.25) is 0 Å². The number of methoxy groups -OCH3 is 1. The molecule has 0 aliphatic rings. The van der Waals surface area contributed by atoms with Crippen LogP contribution < -0.4 is 10.1 Å². The summed E-state index contributed by atoms with van der Waals surface area (Å²) in [6, 6.07) is 10.0. The minimum Gasteiger partial charge on any atom is -0.495 e. The van der Waals surface area contributed by atoms with Crippen molar-refractivity contribution in [1.82, 2.24) is 5.32 Å². The summed E-state index contributed by atoms with van der Waals surface area (Å²) in [6.45, 7) is 0. The van der Waals surface area contributed by atoms with E-state index < -0.39 is 5.82 Å². The highest BCUT2D eigenvalue weighted by Crippen LogP contribution is 2.31. The van der Waals surface area contributed by atoms with E-state index in [-0.39, 0.29) is 11.1 Å². The Morgan fingerprint density at radius 3 is 2.20 bits per heavy atom. The predicted octanol–water partition coefficient (Wildman–Crippen LogP) is 4.45.